The van der Waals surface area contributed by atoms with E-state index in [1.54, 1.807) is 23.5 Å². The van der Waals surface area contributed by atoms with Gasteiger partial charge >= 0.3 is 5.97 Å². The Balaban J connectivity index is 2.33. The topological polar surface area (TPSA) is 63.1 Å². The van der Waals surface area contributed by atoms with Crippen molar-refractivity contribution < 1.29 is 18.7 Å². The molecule has 1 aromatic rings. The first kappa shape index (κ1) is 13.5. The summed E-state index contributed by atoms with van der Waals surface area (Å²) in [6.45, 7) is 0. The van der Waals surface area contributed by atoms with Crippen LogP contribution < -0.4 is 0 Å². The van der Waals surface area contributed by atoms with Gasteiger partial charge in [-0.3, -0.25) is 0 Å². The molecular weight excluding hydrogens is 282 g/mol. The number of carboxylic acids is 1. The molecule has 1 aliphatic heterocycles. The first-order chi connectivity index (χ1) is 8.59. The Morgan fingerprint density at radius 2 is 2.28 bits per heavy atom. The van der Waals surface area contributed by atoms with Gasteiger partial charge in [0.2, 0.25) is 0 Å². The third-order valence-corrected chi connectivity index (χ3v) is 5.13. The first-order valence-corrected chi connectivity index (χ1v) is 7.37. The number of carboxylic acid groups (broad SMARTS) is 1. The number of hydrogen-bond donors (Lipinski definition) is 1. The first-order valence-electron chi connectivity index (χ1n) is 5.17. The zero-order chi connectivity index (χ0) is 13.1. The highest BCUT2D eigenvalue weighted by molar-refractivity contribution is 8.06. The summed E-state index contributed by atoms with van der Waals surface area (Å²) in [6, 6.07) is 0. The minimum Gasteiger partial charge on any atom is -0.478 e. The van der Waals surface area contributed by atoms with Gasteiger partial charge in [-0.15, -0.1) is 11.8 Å². The maximum atomic E-state index is 12.8. The third kappa shape index (κ3) is 2.92. The molecule has 1 N–H and O–H groups in total. The van der Waals surface area contributed by atoms with Crippen molar-refractivity contribution in [2.24, 2.45) is 0 Å². The van der Waals surface area contributed by atoms with Crippen molar-refractivity contribution in [1.82, 2.24) is 9.97 Å². The van der Waals surface area contributed by atoms with Crippen LogP contribution in [0.5, 0.6) is 0 Å². The molecule has 18 heavy (non-hydrogen) atoms. The molecule has 98 valence electrons. The molecule has 0 spiro atoms. The Bertz CT molecular complexity index is 454. The van der Waals surface area contributed by atoms with Crippen molar-refractivity contribution >= 4 is 29.5 Å². The van der Waals surface area contributed by atoms with Crippen molar-refractivity contribution in [3.63, 3.8) is 0 Å². The van der Waals surface area contributed by atoms with E-state index in [1.165, 1.54) is 0 Å². The van der Waals surface area contributed by atoms with Crippen LogP contribution in [0.2, 0.25) is 0 Å². The van der Waals surface area contributed by atoms with Crippen LogP contribution in [-0.2, 0) is 0 Å². The molecule has 2 rings (SSSR count). The average Bonchev–Trinajstić information content (AvgIpc) is 2.39. The maximum Gasteiger partial charge on any atom is 0.339 e. The highest BCUT2D eigenvalue weighted by Crippen LogP contribution is 2.35. The van der Waals surface area contributed by atoms with E-state index in [2.05, 4.69) is 9.97 Å². The number of alkyl halides is 2. The largest absolute Gasteiger partial charge is 0.478 e. The summed E-state index contributed by atoms with van der Waals surface area (Å²) in [5, 5.41) is 8.76. The van der Waals surface area contributed by atoms with Gasteiger partial charge in [0.05, 0.1) is 5.25 Å². The summed E-state index contributed by atoms with van der Waals surface area (Å²) in [7, 11) is 0. The summed E-state index contributed by atoms with van der Waals surface area (Å²) in [5.41, 5.74) is -1.22. The molecule has 0 aromatic carbocycles. The Morgan fingerprint density at radius 3 is 2.83 bits per heavy atom. The van der Waals surface area contributed by atoms with Gasteiger partial charge in [0.15, 0.2) is 0 Å². The van der Waals surface area contributed by atoms with E-state index < -0.39 is 23.7 Å². The summed E-state index contributed by atoms with van der Waals surface area (Å²) >= 11 is 3.33. The fourth-order valence-electron chi connectivity index (χ4n) is 1.53. The predicted molar refractivity (Wildman–Crippen MR) is 66.5 cm³/mol. The zero-order valence-electron chi connectivity index (χ0n) is 9.18. The van der Waals surface area contributed by atoms with Gasteiger partial charge in [0.1, 0.15) is 17.1 Å². The molecule has 1 saturated heterocycles. The summed E-state index contributed by atoms with van der Waals surface area (Å²) in [4.78, 5) is 18.4. The molecule has 8 heteroatoms. The average molecular weight is 292 g/mol. The number of carbonyl (C=O) groups is 1. The lowest BCUT2D eigenvalue weighted by molar-refractivity contribution is 0.0681. The van der Waals surface area contributed by atoms with Gasteiger partial charge < -0.3 is 5.11 Å². The molecule has 4 nitrogen and oxygen atoms in total. The quantitative estimate of drug-likeness (QED) is 0.924. The van der Waals surface area contributed by atoms with Crippen LogP contribution >= 0.6 is 23.5 Å². The Hall–Kier alpha value is -0.890. The fourth-order valence-corrected chi connectivity index (χ4v) is 4.14. The van der Waals surface area contributed by atoms with E-state index >= 15 is 0 Å². The van der Waals surface area contributed by atoms with Crippen molar-refractivity contribution in [3.05, 3.63) is 23.3 Å². The number of hydrogen-bond acceptors (Lipinski definition) is 5. The monoisotopic (exact) mass is 292 g/mol. The molecule has 1 aliphatic rings. The fraction of sp³-hybridized carbons (Fsp3) is 0.500. The Morgan fingerprint density at radius 1 is 1.50 bits per heavy atom. The molecule has 1 unspecified atom stereocenters. The van der Waals surface area contributed by atoms with E-state index in [1.807, 2.05) is 0 Å². The van der Waals surface area contributed by atoms with Crippen LogP contribution in [-0.4, -0.2) is 38.3 Å². The van der Waals surface area contributed by atoms with Gasteiger partial charge in [-0.25, -0.2) is 23.5 Å². The Kier molecular flexibility index (Phi) is 4.39. The second-order valence-corrected chi connectivity index (χ2v) is 6.03. The minimum atomic E-state index is -2.90. The number of halogens is 2. The molecule has 1 aromatic heterocycles. The summed E-state index contributed by atoms with van der Waals surface area (Å²) < 4.78 is 25.5. The normalized spacial score (nSPS) is 20.1. The number of aromatic carboxylic acids is 1. The van der Waals surface area contributed by atoms with Crippen molar-refractivity contribution in [2.75, 3.05) is 17.3 Å². The molecule has 1 atom stereocenters. The molecular formula is C10H10F2N2O2S2. The van der Waals surface area contributed by atoms with Gasteiger partial charge in [-0.2, -0.15) is 11.8 Å². The van der Waals surface area contributed by atoms with E-state index in [0.717, 1.165) is 23.5 Å². The van der Waals surface area contributed by atoms with E-state index in [9.17, 15) is 13.6 Å². The van der Waals surface area contributed by atoms with Crippen LogP contribution in [0.15, 0.2) is 6.20 Å². The van der Waals surface area contributed by atoms with E-state index in [-0.39, 0.29) is 5.25 Å². The molecule has 1 fully saturated rings. The van der Waals surface area contributed by atoms with E-state index in [4.69, 9.17) is 5.11 Å². The second kappa shape index (κ2) is 5.83. The molecule has 0 aliphatic carbocycles. The Labute approximate surface area is 111 Å². The second-order valence-electron chi connectivity index (χ2n) is 3.57. The van der Waals surface area contributed by atoms with Crippen LogP contribution in [0.3, 0.4) is 0 Å². The van der Waals surface area contributed by atoms with Gasteiger partial charge in [0, 0.05) is 23.5 Å². The number of thioether (sulfide) groups is 2. The molecule has 0 amide bonds. The number of nitrogens with zero attached hydrogens (tertiary/aromatic N) is 2. The third-order valence-electron chi connectivity index (χ3n) is 2.38. The van der Waals surface area contributed by atoms with Crippen molar-refractivity contribution in [3.8, 4) is 0 Å². The number of rotatable bonds is 3. The highest BCUT2D eigenvalue weighted by Gasteiger charge is 2.25. The minimum absolute atomic E-state index is 0.0379. The molecule has 0 saturated carbocycles. The van der Waals surface area contributed by atoms with Crippen LogP contribution in [0.25, 0.3) is 0 Å². The van der Waals surface area contributed by atoms with Crippen molar-refractivity contribution in [1.29, 1.82) is 0 Å². The lowest BCUT2D eigenvalue weighted by atomic mass is 10.2. The van der Waals surface area contributed by atoms with Crippen LogP contribution in [0, 0.1) is 0 Å². The van der Waals surface area contributed by atoms with Gasteiger partial charge in [0.25, 0.3) is 6.43 Å². The summed E-state index contributed by atoms with van der Waals surface area (Å²) in [6.07, 6.45) is -1.93. The van der Waals surface area contributed by atoms with Gasteiger partial charge in [-0.05, 0) is 0 Å². The van der Waals surface area contributed by atoms with Crippen LogP contribution in [0.1, 0.15) is 33.6 Å². The lowest BCUT2D eigenvalue weighted by Gasteiger charge is -2.20. The SMILES string of the molecule is O=C(O)c1cnc(C2CSCCS2)nc1C(F)F. The van der Waals surface area contributed by atoms with Crippen LogP contribution in [0.4, 0.5) is 8.78 Å². The summed E-state index contributed by atoms with van der Waals surface area (Å²) in [5.74, 6) is 1.58. The van der Waals surface area contributed by atoms with Gasteiger partial charge in [-0.1, -0.05) is 0 Å². The molecule has 0 radical (unpaired) electrons. The van der Waals surface area contributed by atoms with Crippen molar-refractivity contribution in [2.45, 2.75) is 11.7 Å². The zero-order valence-corrected chi connectivity index (χ0v) is 10.8. The number of aromatic nitrogens is 2. The highest BCUT2D eigenvalue weighted by atomic mass is 32.2. The predicted octanol–water partition coefficient (Wildman–Crippen LogP) is 2.63. The van der Waals surface area contributed by atoms with E-state index in [0.29, 0.717) is 5.82 Å². The molecule has 0 bridgehead atoms. The lowest BCUT2D eigenvalue weighted by Crippen LogP contribution is -2.14. The molecule has 2 heterocycles. The smallest absolute Gasteiger partial charge is 0.339 e. The standard InChI is InChI=1S/C10H10F2N2O2S2/c11-8(12)7-5(10(15)16)3-13-9(14-7)6-4-17-1-2-18-6/h3,6,8H,1-2,4H2,(H,15,16). The maximum absolute atomic E-state index is 12.8.